The van der Waals surface area contributed by atoms with Gasteiger partial charge in [-0.1, -0.05) is 0 Å². The molecule has 86 valence electrons. The zero-order valence-corrected chi connectivity index (χ0v) is 9.89. The summed E-state index contributed by atoms with van der Waals surface area (Å²) < 4.78 is 9.17. The Morgan fingerprint density at radius 1 is 1.62 bits per heavy atom. The molecule has 0 saturated heterocycles. The van der Waals surface area contributed by atoms with Crippen LogP contribution in [0.15, 0.2) is 6.20 Å². The van der Waals surface area contributed by atoms with Crippen molar-refractivity contribution in [1.82, 2.24) is 14.6 Å². The number of nitrogens with one attached hydrogen (secondary N) is 2. The number of rotatable bonds is 4. The van der Waals surface area contributed by atoms with E-state index in [1.165, 1.54) is 11.5 Å². The number of nitrogens with two attached hydrogens (primary N) is 1. The zero-order chi connectivity index (χ0) is 11.5. The maximum Gasteiger partial charge on any atom is 0.197 e. The van der Waals surface area contributed by atoms with Crippen molar-refractivity contribution in [1.29, 1.82) is 0 Å². The SMILES string of the molecule is COc1c(N)nsc1NCc1cn[nH]c1C. The lowest BCUT2D eigenvalue weighted by Crippen LogP contribution is -2.00. The lowest BCUT2D eigenvalue weighted by atomic mass is 10.3. The van der Waals surface area contributed by atoms with Crippen molar-refractivity contribution in [3.05, 3.63) is 17.5 Å². The van der Waals surface area contributed by atoms with Gasteiger partial charge in [-0.15, -0.1) is 0 Å². The average Bonchev–Trinajstić information content (AvgIpc) is 2.82. The fourth-order valence-electron chi connectivity index (χ4n) is 1.33. The minimum absolute atomic E-state index is 0.416. The summed E-state index contributed by atoms with van der Waals surface area (Å²) in [5.74, 6) is 1.02. The highest BCUT2D eigenvalue weighted by Crippen LogP contribution is 2.34. The number of hydrogen-bond acceptors (Lipinski definition) is 6. The molecule has 0 aromatic carbocycles. The molecule has 0 amide bonds. The molecule has 2 rings (SSSR count). The van der Waals surface area contributed by atoms with Crippen LogP contribution in [0.25, 0.3) is 0 Å². The fourth-order valence-corrected chi connectivity index (χ4v) is 2.01. The van der Waals surface area contributed by atoms with Crippen molar-refractivity contribution in [3.8, 4) is 5.75 Å². The standard InChI is InChI=1S/C9H13N5OS/c1-5-6(4-12-13-5)3-11-9-7(15-2)8(10)14-16-9/h4,11H,3H2,1-2H3,(H2,10,14)(H,12,13). The second-order valence-corrected chi connectivity index (χ2v) is 4.08. The number of nitrogen functional groups attached to an aromatic ring is 1. The first-order valence-electron chi connectivity index (χ1n) is 4.74. The van der Waals surface area contributed by atoms with E-state index < -0.39 is 0 Å². The molecular weight excluding hydrogens is 226 g/mol. The van der Waals surface area contributed by atoms with Crippen LogP contribution in [0, 0.1) is 6.92 Å². The number of aromatic amines is 1. The van der Waals surface area contributed by atoms with Crippen molar-refractivity contribution in [2.45, 2.75) is 13.5 Å². The minimum atomic E-state index is 0.416. The van der Waals surface area contributed by atoms with Gasteiger partial charge in [0.25, 0.3) is 0 Å². The van der Waals surface area contributed by atoms with Crippen molar-refractivity contribution < 1.29 is 4.74 Å². The number of H-pyrrole nitrogens is 1. The predicted octanol–water partition coefficient (Wildman–Crippen LogP) is 1.38. The molecule has 0 unspecified atom stereocenters. The first-order valence-corrected chi connectivity index (χ1v) is 5.51. The molecule has 0 aliphatic carbocycles. The van der Waals surface area contributed by atoms with Gasteiger partial charge in [0.2, 0.25) is 0 Å². The maximum absolute atomic E-state index is 5.65. The van der Waals surface area contributed by atoms with Gasteiger partial charge in [-0.25, -0.2) is 0 Å². The minimum Gasteiger partial charge on any atom is -0.490 e. The largest absolute Gasteiger partial charge is 0.490 e. The van der Waals surface area contributed by atoms with Gasteiger partial charge in [0, 0.05) is 17.8 Å². The van der Waals surface area contributed by atoms with Crippen LogP contribution < -0.4 is 15.8 Å². The van der Waals surface area contributed by atoms with Crippen molar-refractivity contribution in [3.63, 3.8) is 0 Å². The number of aryl methyl sites for hydroxylation is 1. The van der Waals surface area contributed by atoms with E-state index in [0.717, 1.165) is 16.3 Å². The molecule has 0 aliphatic rings. The van der Waals surface area contributed by atoms with E-state index in [0.29, 0.717) is 18.1 Å². The number of ether oxygens (including phenoxy) is 1. The van der Waals surface area contributed by atoms with Gasteiger partial charge in [0.15, 0.2) is 16.6 Å². The van der Waals surface area contributed by atoms with Gasteiger partial charge in [0.05, 0.1) is 13.3 Å². The quantitative estimate of drug-likeness (QED) is 0.750. The molecule has 4 N–H and O–H groups in total. The predicted molar refractivity (Wildman–Crippen MR) is 63.7 cm³/mol. The third-order valence-corrected chi connectivity index (χ3v) is 3.05. The van der Waals surface area contributed by atoms with Gasteiger partial charge in [-0.05, 0) is 18.5 Å². The molecule has 0 atom stereocenters. The molecule has 0 fully saturated rings. The van der Waals surface area contributed by atoms with Crippen LogP contribution in [0.4, 0.5) is 10.8 Å². The van der Waals surface area contributed by atoms with Crippen molar-refractivity contribution in [2.75, 3.05) is 18.2 Å². The van der Waals surface area contributed by atoms with Crippen molar-refractivity contribution in [2.24, 2.45) is 0 Å². The summed E-state index contributed by atoms with van der Waals surface area (Å²) >= 11 is 1.29. The third kappa shape index (κ3) is 1.94. The second-order valence-electron chi connectivity index (χ2n) is 3.30. The Hall–Kier alpha value is -1.76. The van der Waals surface area contributed by atoms with Gasteiger partial charge in [-0.3, -0.25) is 5.10 Å². The van der Waals surface area contributed by atoms with Gasteiger partial charge < -0.3 is 15.8 Å². The highest BCUT2D eigenvalue weighted by atomic mass is 32.1. The number of anilines is 2. The summed E-state index contributed by atoms with van der Waals surface area (Å²) in [6.45, 7) is 2.64. The summed E-state index contributed by atoms with van der Waals surface area (Å²) in [6, 6.07) is 0. The summed E-state index contributed by atoms with van der Waals surface area (Å²) in [5, 5.41) is 10.9. The molecule has 0 bridgehead atoms. The molecular formula is C9H13N5OS. The van der Waals surface area contributed by atoms with Crippen LogP contribution in [0.1, 0.15) is 11.3 Å². The van der Waals surface area contributed by atoms with E-state index in [4.69, 9.17) is 10.5 Å². The van der Waals surface area contributed by atoms with Crippen LogP contribution in [-0.2, 0) is 6.54 Å². The Morgan fingerprint density at radius 3 is 3.06 bits per heavy atom. The van der Waals surface area contributed by atoms with Gasteiger partial charge in [0.1, 0.15) is 0 Å². The van der Waals surface area contributed by atoms with E-state index in [1.807, 2.05) is 6.92 Å². The monoisotopic (exact) mass is 239 g/mol. The first kappa shape index (κ1) is 10.7. The van der Waals surface area contributed by atoms with E-state index >= 15 is 0 Å². The van der Waals surface area contributed by atoms with E-state index in [2.05, 4.69) is 19.9 Å². The van der Waals surface area contributed by atoms with E-state index in [1.54, 1.807) is 13.3 Å². The third-order valence-electron chi connectivity index (χ3n) is 2.25. The summed E-state index contributed by atoms with van der Waals surface area (Å²) in [4.78, 5) is 0. The number of aromatic nitrogens is 3. The lowest BCUT2D eigenvalue weighted by Gasteiger charge is -2.05. The Bertz CT molecular complexity index is 478. The zero-order valence-electron chi connectivity index (χ0n) is 9.07. The summed E-state index contributed by atoms with van der Waals surface area (Å²) in [7, 11) is 1.58. The topological polar surface area (TPSA) is 88.8 Å². The van der Waals surface area contributed by atoms with Crippen LogP contribution in [-0.4, -0.2) is 21.7 Å². The molecule has 0 spiro atoms. The Morgan fingerprint density at radius 2 is 2.44 bits per heavy atom. The van der Waals surface area contributed by atoms with Crippen molar-refractivity contribution >= 4 is 22.4 Å². The number of nitrogens with zero attached hydrogens (tertiary/aromatic N) is 2. The molecule has 0 aliphatic heterocycles. The average molecular weight is 239 g/mol. The van der Waals surface area contributed by atoms with E-state index in [9.17, 15) is 0 Å². The molecule has 2 aromatic rings. The number of hydrogen-bond donors (Lipinski definition) is 3. The second kappa shape index (κ2) is 4.40. The molecule has 2 heterocycles. The summed E-state index contributed by atoms with van der Waals surface area (Å²) in [5.41, 5.74) is 7.80. The molecule has 2 aromatic heterocycles. The smallest absolute Gasteiger partial charge is 0.197 e. The number of methoxy groups -OCH3 is 1. The summed E-state index contributed by atoms with van der Waals surface area (Å²) in [6.07, 6.45) is 1.79. The molecule has 7 heteroatoms. The lowest BCUT2D eigenvalue weighted by molar-refractivity contribution is 0.419. The highest BCUT2D eigenvalue weighted by Gasteiger charge is 2.11. The van der Waals surface area contributed by atoms with Gasteiger partial charge >= 0.3 is 0 Å². The Labute approximate surface area is 97.0 Å². The van der Waals surface area contributed by atoms with E-state index in [-0.39, 0.29) is 0 Å². The molecule has 0 radical (unpaired) electrons. The maximum atomic E-state index is 5.65. The molecule has 16 heavy (non-hydrogen) atoms. The Balaban J connectivity index is 2.07. The highest BCUT2D eigenvalue weighted by molar-refractivity contribution is 7.11. The Kier molecular flexibility index (Phi) is 2.95. The van der Waals surface area contributed by atoms with Gasteiger partial charge in [-0.2, -0.15) is 9.47 Å². The van der Waals surface area contributed by atoms with Crippen LogP contribution in [0.2, 0.25) is 0 Å². The fraction of sp³-hybridized carbons (Fsp3) is 0.333. The first-order chi connectivity index (χ1) is 7.72. The molecule has 0 saturated carbocycles. The van der Waals surface area contributed by atoms with Crippen LogP contribution in [0.5, 0.6) is 5.75 Å². The van der Waals surface area contributed by atoms with Crippen LogP contribution in [0.3, 0.4) is 0 Å². The van der Waals surface area contributed by atoms with Crippen LogP contribution >= 0.6 is 11.5 Å². The molecule has 6 nitrogen and oxygen atoms in total. The normalized spacial score (nSPS) is 10.4.